The van der Waals surface area contributed by atoms with E-state index < -0.39 is 0 Å². The minimum absolute atomic E-state index is 0.186. The van der Waals surface area contributed by atoms with Gasteiger partial charge in [-0.15, -0.1) is 0 Å². The van der Waals surface area contributed by atoms with Crippen LogP contribution in [-0.2, 0) is 12.8 Å². The lowest BCUT2D eigenvalue weighted by Crippen LogP contribution is -2.20. The standard InChI is InChI=1S/C19H16N4O2/c24-14-8-5-12(6-9-14)11-20-23-19(25)18-16-10-7-13-3-1-2-4-15(13)17(16)21-22-18/h1-6,8-9,11,24H,7,10H2,(H,21,22)(H,23,25)/b20-11-. The van der Waals surface area contributed by atoms with Gasteiger partial charge in [-0.05, 0) is 48.2 Å². The van der Waals surface area contributed by atoms with Gasteiger partial charge >= 0.3 is 0 Å². The molecule has 124 valence electrons. The van der Waals surface area contributed by atoms with Gasteiger partial charge in [0, 0.05) is 11.1 Å². The summed E-state index contributed by atoms with van der Waals surface area (Å²) in [5, 5.41) is 20.4. The Morgan fingerprint density at radius 2 is 1.96 bits per heavy atom. The predicted molar refractivity (Wildman–Crippen MR) is 94.6 cm³/mol. The Morgan fingerprint density at radius 1 is 1.16 bits per heavy atom. The molecule has 1 amide bonds. The average Bonchev–Trinajstić information content (AvgIpc) is 3.08. The molecular weight excluding hydrogens is 316 g/mol. The number of aromatic hydroxyl groups is 1. The van der Waals surface area contributed by atoms with E-state index >= 15 is 0 Å². The van der Waals surface area contributed by atoms with E-state index in [0.29, 0.717) is 5.69 Å². The SMILES string of the molecule is O=C(N/N=C\c1ccc(O)cc1)c1[nH]nc2c1CCc1ccccc1-2. The Kier molecular flexibility index (Phi) is 3.78. The van der Waals surface area contributed by atoms with Crippen molar-refractivity contribution in [2.45, 2.75) is 12.8 Å². The van der Waals surface area contributed by atoms with E-state index in [1.807, 2.05) is 18.2 Å². The molecule has 1 aromatic heterocycles. The van der Waals surface area contributed by atoms with Crippen LogP contribution < -0.4 is 5.43 Å². The number of H-pyrrole nitrogens is 1. The van der Waals surface area contributed by atoms with E-state index in [1.54, 1.807) is 24.3 Å². The lowest BCUT2D eigenvalue weighted by molar-refractivity contribution is 0.0949. The molecule has 6 heteroatoms. The molecule has 0 atom stereocenters. The van der Waals surface area contributed by atoms with Gasteiger partial charge in [0.05, 0.1) is 11.9 Å². The van der Waals surface area contributed by atoms with Crippen molar-refractivity contribution in [2.24, 2.45) is 5.10 Å². The number of aryl methyl sites for hydroxylation is 1. The molecule has 4 rings (SSSR count). The highest BCUT2D eigenvalue weighted by Gasteiger charge is 2.24. The molecule has 0 radical (unpaired) electrons. The maximum atomic E-state index is 12.4. The van der Waals surface area contributed by atoms with Crippen LogP contribution in [0.4, 0.5) is 0 Å². The number of phenolic OH excluding ortho intramolecular Hbond substituents is 1. The normalized spacial score (nSPS) is 12.6. The molecule has 25 heavy (non-hydrogen) atoms. The Morgan fingerprint density at radius 3 is 2.80 bits per heavy atom. The quantitative estimate of drug-likeness (QED) is 0.509. The van der Waals surface area contributed by atoms with Crippen LogP contribution >= 0.6 is 0 Å². The summed E-state index contributed by atoms with van der Waals surface area (Å²) in [5.74, 6) is -0.131. The maximum Gasteiger partial charge on any atom is 0.289 e. The highest BCUT2D eigenvalue weighted by Crippen LogP contribution is 2.33. The third-order valence-electron chi connectivity index (χ3n) is 4.28. The zero-order chi connectivity index (χ0) is 17.2. The van der Waals surface area contributed by atoms with E-state index in [0.717, 1.165) is 35.2 Å². The number of carbonyl (C=O) groups is 1. The van der Waals surface area contributed by atoms with E-state index in [2.05, 4.69) is 26.8 Å². The van der Waals surface area contributed by atoms with Crippen LogP contribution in [0.3, 0.4) is 0 Å². The highest BCUT2D eigenvalue weighted by atomic mass is 16.3. The molecule has 6 nitrogen and oxygen atoms in total. The number of fused-ring (bicyclic) bond motifs is 3. The van der Waals surface area contributed by atoms with Crippen molar-refractivity contribution < 1.29 is 9.90 Å². The van der Waals surface area contributed by atoms with Gasteiger partial charge in [0.1, 0.15) is 11.4 Å². The number of aromatic amines is 1. The fraction of sp³-hybridized carbons (Fsp3) is 0.105. The number of nitrogens with zero attached hydrogens (tertiary/aromatic N) is 2. The zero-order valence-electron chi connectivity index (χ0n) is 13.4. The molecule has 1 aliphatic rings. The lowest BCUT2D eigenvalue weighted by Gasteiger charge is -2.15. The summed E-state index contributed by atoms with van der Waals surface area (Å²) >= 11 is 0. The number of phenols is 1. The number of hydrogen-bond acceptors (Lipinski definition) is 4. The molecular formula is C19H16N4O2. The first kappa shape index (κ1) is 15.1. The molecule has 0 saturated carbocycles. The fourth-order valence-electron chi connectivity index (χ4n) is 3.03. The first-order valence-corrected chi connectivity index (χ1v) is 8.00. The number of nitrogens with one attached hydrogen (secondary N) is 2. The number of benzene rings is 2. The van der Waals surface area contributed by atoms with E-state index in [-0.39, 0.29) is 11.7 Å². The minimum Gasteiger partial charge on any atom is -0.508 e. The van der Waals surface area contributed by atoms with Gasteiger partial charge in [-0.2, -0.15) is 10.2 Å². The molecule has 0 aliphatic heterocycles. The summed E-state index contributed by atoms with van der Waals surface area (Å²) in [6, 6.07) is 14.7. The second-order valence-corrected chi connectivity index (χ2v) is 5.87. The molecule has 1 aliphatic carbocycles. The molecule has 2 aromatic carbocycles. The van der Waals surface area contributed by atoms with Crippen molar-refractivity contribution in [3.05, 3.63) is 70.9 Å². The zero-order valence-corrected chi connectivity index (χ0v) is 13.4. The summed E-state index contributed by atoms with van der Waals surface area (Å²) in [6.07, 6.45) is 3.18. The fourth-order valence-corrected chi connectivity index (χ4v) is 3.03. The Bertz CT molecular complexity index is 958. The summed E-state index contributed by atoms with van der Waals surface area (Å²) in [5.41, 5.74) is 7.84. The number of aromatic nitrogens is 2. The summed E-state index contributed by atoms with van der Waals surface area (Å²) in [6.45, 7) is 0. The lowest BCUT2D eigenvalue weighted by atomic mass is 9.89. The molecule has 0 spiro atoms. The van der Waals surface area contributed by atoms with Gasteiger partial charge in [0.25, 0.3) is 5.91 Å². The van der Waals surface area contributed by atoms with Crippen LogP contribution in [0, 0.1) is 0 Å². The van der Waals surface area contributed by atoms with Gasteiger partial charge in [-0.25, -0.2) is 5.43 Å². The predicted octanol–water partition coefficient (Wildman–Crippen LogP) is 2.64. The third-order valence-corrected chi connectivity index (χ3v) is 4.28. The molecule has 0 bridgehead atoms. The molecule has 3 aromatic rings. The summed E-state index contributed by atoms with van der Waals surface area (Å²) in [7, 11) is 0. The molecule has 0 fully saturated rings. The summed E-state index contributed by atoms with van der Waals surface area (Å²) < 4.78 is 0. The van der Waals surface area contributed by atoms with Crippen molar-refractivity contribution in [3.8, 4) is 17.0 Å². The van der Waals surface area contributed by atoms with Crippen LogP contribution in [0.1, 0.15) is 27.2 Å². The third kappa shape index (κ3) is 2.89. The van der Waals surface area contributed by atoms with Crippen LogP contribution in [0.5, 0.6) is 5.75 Å². The molecule has 0 saturated heterocycles. The van der Waals surface area contributed by atoms with Crippen molar-refractivity contribution in [1.82, 2.24) is 15.6 Å². The van der Waals surface area contributed by atoms with Gasteiger partial charge in [-0.1, -0.05) is 24.3 Å². The van der Waals surface area contributed by atoms with E-state index in [9.17, 15) is 9.90 Å². The molecule has 0 unspecified atom stereocenters. The summed E-state index contributed by atoms with van der Waals surface area (Å²) in [4.78, 5) is 12.4. The van der Waals surface area contributed by atoms with Crippen molar-refractivity contribution in [2.75, 3.05) is 0 Å². The van der Waals surface area contributed by atoms with Crippen LogP contribution in [0.15, 0.2) is 53.6 Å². The van der Waals surface area contributed by atoms with Crippen LogP contribution in [0.2, 0.25) is 0 Å². The van der Waals surface area contributed by atoms with Crippen LogP contribution in [0.25, 0.3) is 11.3 Å². The Balaban J connectivity index is 1.53. The topological polar surface area (TPSA) is 90.4 Å². The van der Waals surface area contributed by atoms with Gasteiger partial charge in [0.2, 0.25) is 0 Å². The highest BCUT2D eigenvalue weighted by molar-refractivity contribution is 5.96. The van der Waals surface area contributed by atoms with Gasteiger partial charge < -0.3 is 5.11 Å². The maximum absolute atomic E-state index is 12.4. The molecule has 3 N–H and O–H groups in total. The van der Waals surface area contributed by atoms with Crippen LogP contribution in [-0.4, -0.2) is 27.4 Å². The number of hydrazone groups is 1. The number of carbonyl (C=O) groups excluding carboxylic acids is 1. The number of amides is 1. The second kappa shape index (κ2) is 6.24. The minimum atomic E-state index is -0.317. The van der Waals surface area contributed by atoms with Crippen molar-refractivity contribution in [3.63, 3.8) is 0 Å². The molecule has 1 heterocycles. The Hall–Kier alpha value is -3.41. The van der Waals surface area contributed by atoms with Gasteiger partial charge in [0.15, 0.2) is 0 Å². The number of hydrogen-bond donors (Lipinski definition) is 3. The number of rotatable bonds is 3. The van der Waals surface area contributed by atoms with Crippen molar-refractivity contribution in [1.29, 1.82) is 0 Å². The van der Waals surface area contributed by atoms with E-state index in [1.165, 1.54) is 11.8 Å². The largest absolute Gasteiger partial charge is 0.508 e. The first-order valence-electron chi connectivity index (χ1n) is 8.00. The average molecular weight is 332 g/mol. The Labute approximate surface area is 144 Å². The van der Waals surface area contributed by atoms with E-state index in [4.69, 9.17) is 0 Å². The second-order valence-electron chi connectivity index (χ2n) is 5.87. The smallest absolute Gasteiger partial charge is 0.289 e. The van der Waals surface area contributed by atoms with Gasteiger partial charge in [-0.3, -0.25) is 9.89 Å². The monoisotopic (exact) mass is 332 g/mol. The first-order chi connectivity index (χ1) is 12.2. The van der Waals surface area contributed by atoms with Crippen molar-refractivity contribution >= 4 is 12.1 Å².